The van der Waals surface area contributed by atoms with Crippen molar-refractivity contribution in [2.45, 2.75) is 12.5 Å². The fraction of sp³-hybridized carbons (Fsp3) is 0.267. The number of amides is 1. The third-order valence-corrected chi connectivity index (χ3v) is 2.75. The molecule has 1 amide bonds. The van der Waals surface area contributed by atoms with Crippen molar-refractivity contribution >= 4 is 17.8 Å². The summed E-state index contributed by atoms with van der Waals surface area (Å²) in [6.07, 6.45) is 2.64. The molecule has 1 aromatic rings. The summed E-state index contributed by atoms with van der Waals surface area (Å²) in [6, 6.07) is 4.62. The molecule has 0 unspecified atom stereocenters. The average molecular weight is 307 g/mol. The molecule has 0 fully saturated rings. The minimum Gasteiger partial charge on any atom is -0.508 e. The summed E-state index contributed by atoms with van der Waals surface area (Å²) in [4.78, 5) is 34.6. The van der Waals surface area contributed by atoms with Gasteiger partial charge < -0.3 is 19.9 Å². The lowest BCUT2D eigenvalue weighted by molar-refractivity contribution is -0.143. The largest absolute Gasteiger partial charge is 0.508 e. The number of hydrogen-bond donors (Lipinski definition) is 2. The first kappa shape index (κ1) is 17.2. The van der Waals surface area contributed by atoms with Gasteiger partial charge >= 0.3 is 11.9 Å². The van der Waals surface area contributed by atoms with Gasteiger partial charge in [-0.3, -0.25) is 4.79 Å². The Hall–Kier alpha value is -2.83. The number of hydrogen-bond acceptors (Lipinski definition) is 6. The van der Waals surface area contributed by atoms with Crippen molar-refractivity contribution in [1.82, 2.24) is 5.32 Å². The topological polar surface area (TPSA) is 102 Å². The summed E-state index contributed by atoms with van der Waals surface area (Å²) >= 11 is 0. The highest BCUT2D eigenvalue weighted by Gasteiger charge is 2.21. The van der Waals surface area contributed by atoms with Crippen molar-refractivity contribution in [2.24, 2.45) is 0 Å². The Morgan fingerprint density at radius 2 is 1.82 bits per heavy atom. The normalized spacial score (nSPS) is 11.7. The van der Waals surface area contributed by atoms with E-state index in [1.165, 1.54) is 44.6 Å². The van der Waals surface area contributed by atoms with Gasteiger partial charge in [-0.2, -0.15) is 0 Å². The molecule has 1 aromatic carbocycles. The molecule has 7 nitrogen and oxygen atoms in total. The third-order valence-electron chi connectivity index (χ3n) is 2.75. The van der Waals surface area contributed by atoms with Gasteiger partial charge in [-0.1, -0.05) is 6.08 Å². The van der Waals surface area contributed by atoms with Crippen molar-refractivity contribution in [2.75, 3.05) is 14.2 Å². The van der Waals surface area contributed by atoms with E-state index in [1.54, 1.807) is 0 Å². The summed E-state index contributed by atoms with van der Waals surface area (Å²) in [5.74, 6) is -1.67. The van der Waals surface area contributed by atoms with Gasteiger partial charge in [0.2, 0.25) is 0 Å². The highest BCUT2D eigenvalue weighted by atomic mass is 16.5. The first-order chi connectivity index (χ1) is 10.5. The summed E-state index contributed by atoms with van der Waals surface area (Å²) < 4.78 is 9.04. The quantitative estimate of drug-likeness (QED) is 0.595. The molecule has 0 radical (unpaired) electrons. The summed E-state index contributed by atoms with van der Waals surface area (Å²) in [6.45, 7) is 0. The summed E-state index contributed by atoms with van der Waals surface area (Å²) in [7, 11) is 2.43. The monoisotopic (exact) mass is 307 g/mol. The summed E-state index contributed by atoms with van der Waals surface area (Å²) in [5, 5.41) is 11.7. The molecule has 1 rings (SSSR count). The number of benzene rings is 1. The standard InChI is InChI=1S/C15H17NO6/c1-21-13(18)5-3-4-12(15(20)22-2)16-14(19)10-6-8-11(17)9-7-10/h3,5-9,12,17H,4H2,1-2H3,(H,16,19)/b5-3+/t12-/m1/s1. The van der Waals surface area contributed by atoms with Crippen LogP contribution >= 0.6 is 0 Å². The van der Waals surface area contributed by atoms with Gasteiger partial charge in [0.25, 0.3) is 5.91 Å². The lowest BCUT2D eigenvalue weighted by Crippen LogP contribution is -2.41. The van der Waals surface area contributed by atoms with Crippen LogP contribution in [-0.4, -0.2) is 43.2 Å². The van der Waals surface area contributed by atoms with Gasteiger partial charge in [-0.15, -0.1) is 0 Å². The molecule has 0 aliphatic heterocycles. The zero-order chi connectivity index (χ0) is 16.5. The van der Waals surface area contributed by atoms with Crippen molar-refractivity contribution in [3.63, 3.8) is 0 Å². The number of carbonyl (C=O) groups excluding carboxylic acids is 3. The minimum absolute atomic E-state index is 0.0297. The molecular weight excluding hydrogens is 290 g/mol. The highest BCUT2D eigenvalue weighted by Crippen LogP contribution is 2.10. The van der Waals surface area contributed by atoms with Crippen LogP contribution in [0, 0.1) is 0 Å². The molecule has 7 heteroatoms. The number of methoxy groups -OCH3 is 2. The summed E-state index contributed by atoms with van der Waals surface area (Å²) in [5.41, 5.74) is 0.281. The van der Waals surface area contributed by atoms with Crippen LogP contribution in [0.1, 0.15) is 16.8 Å². The van der Waals surface area contributed by atoms with Crippen LogP contribution in [0.4, 0.5) is 0 Å². The predicted octanol–water partition coefficient (Wildman–Crippen LogP) is 0.783. The second-order valence-corrected chi connectivity index (χ2v) is 4.26. The van der Waals surface area contributed by atoms with Crippen molar-refractivity contribution in [1.29, 1.82) is 0 Å². The first-order valence-electron chi connectivity index (χ1n) is 6.40. The zero-order valence-corrected chi connectivity index (χ0v) is 12.2. The molecule has 118 valence electrons. The second kappa shape index (κ2) is 8.46. The van der Waals surface area contributed by atoms with Gasteiger partial charge in [0, 0.05) is 11.6 Å². The number of aromatic hydroxyl groups is 1. The molecule has 0 spiro atoms. The van der Waals surface area contributed by atoms with Crippen molar-refractivity contribution in [3.8, 4) is 5.75 Å². The Kier molecular flexibility index (Phi) is 6.62. The number of nitrogens with one attached hydrogen (secondary N) is 1. The van der Waals surface area contributed by atoms with Gasteiger partial charge in [-0.25, -0.2) is 9.59 Å². The third kappa shape index (κ3) is 5.28. The van der Waals surface area contributed by atoms with Crippen LogP contribution in [0.25, 0.3) is 0 Å². The number of phenolic OH excluding ortho intramolecular Hbond substituents is 1. The fourth-order valence-electron chi connectivity index (χ4n) is 1.58. The van der Waals surface area contributed by atoms with Gasteiger partial charge in [0.15, 0.2) is 0 Å². The van der Waals surface area contributed by atoms with E-state index >= 15 is 0 Å². The van der Waals surface area contributed by atoms with E-state index in [0.717, 1.165) is 6.08 Å². The SMILES string of the molecule is COC(=O)/C=C/C[C@@H](NC(=O)c1ccc(O)cc1)C(=O)OC. The molecule has 2 N–H and O–H groups in total. The smallest absolute Gasteiger partial charge is 0.330 e. The van der Waals surface area contributed by atoms with Crippen LogP contribution in [-0.2, 0) is 19.1 Å². The maximum absolute atomic E-state index is 12.0. The molecule has 0 saturated carbocycles. The van der Waals surface area contributed by atoms with E-state index in [2.05, 4.69) is 14.8 Å². The number of rotatable bonds is 6. The van der Waals surface area contributed by atoms with E-state index in [1.807, 2.05) is 0 Å². The zero-order valence-electron chi connectivity index (χ0n) is 12.2. The van der Waals surface area contributed by atoms with Gasteiger partial charge in [0.05, 0.1) is 14.2 Å². The molecular formula is C15H17NO6. The molecule has 0 bridgehead atoms. The molecule has 0 heterocycles. The Balaban J connectivity index is 2.74. The van der Waals surface area contributed by atoms with E-state index in [9.17, 15) is 19.5 Å². The lowest BCUT2D eigenvalue weighted by atomic mass is 10.1. The minimum atomic E-state index is -0.938. The van der Waals surface area contributed by atoms with E-state index in [4.69, 9.17) is 0 Å². The Labute approximate surface area is 127 Å². The van der Waals surface area contributed by atoms with Crippen LogP contribution in [0.15, 0.2) is 36.4 Å². The predicted molar refractivity (Wildman–Crippen MR) is 77.2 cm³/mol. The number of carbonyl (C=O) groups is 3. The first-order valence-corrected chi connectivity index (χ1v) is 6.40. The Bertz CT molecular complexity index is 564. The van der Waals surface area contributed by atoms with Gasteiger partial charge in [-0.05, 0) is 30.7 Å². The second-order valence-electron chi connectivity index (χ2n) is 4.26. The molecule has 1 atom stereocenters. The van der Waals surface area contributed by atoms with Crippen LogP contribution in [0.5, 0.6) is 5.75 Å². The molecule has 0 aliphatic carbocycles. The maximum Gasteiger partial charge on any atom is 0.330 e. The van der Waals surface area contributed by atoms with Crippen LogP contribution in [0.2, 0.25) is 0 Å². The maximum atomic E-state index is 12.0. The molecule has 22 heavy (non-hydrogen) atoms. The average Bonchev–Trinajstić information content (AvgIpc) is 2.53. The fourth-order valence-corrected chi connectivity index (χ4v) is 1.58. The lowest BCUT2D eigenvalue weighted by Gasteiger charge is -2.14. The number of phenols is 1. The van der Waals surface area contributed by atoms with Crippen molar-refractivity contribution < 1.29 is 29.0 Å². The van der Waals surface area contributed by atoms with Crippen LogP contribution < -0.4 is 5.32 Å². The van der Waals surface area contributed by atoms with E-state index in [0.29, 0.717) is 0 Å². The molecule has 0 saturated heterocycles. The highest BCUT2D eigenvalue weighted by molar-refractivity contribution is 5.96. The number of esters is 2. The molecule has 0 aliphatic rings. The number of ether oxygens (including phenoxy) is 2. The molecule has 0 aromatic heterocycles. The van der Waals surface area contributed by atoms with E-state index in [-0.39, 0.29) is 17.7 Å². The van der Waals surface area contributed by atoms with Gasteiger partial charge in [0.1, 0.15) is 11.8 Å². The Morgan fingerprint density at radius 1 is 1.18 bits per heavy atom. The van der Waals surface area contributed by atoms with Crippen molar-refractivity contribution in [3.05, 3.63) is 42.0 Å². The Morgan fingerprint density at radius 3 is 2.36 bits per heavy atom. The van der Waals surface area contributed by atoms with Crippen LogP contribution in [0.3, 0.4) is 0 Å². The van der Waals surface area contributed by atoms with E-state index < -0.39 is 23.9 Å².